The molecule has 0 aliphatic heterocycles. The Bertz CT molecular complexity index is 212. The van der Waals surface area contributed by atoms with Gasteiger partial charge in [-0.05, 0) is 25.8 Å². The van der Waals surface area contributed by atoms with Crippen molar-refractivity contribution in [1.82, 2.24) is 4.98 Å². The second kappa shape index (κ2) is 4.70. The summed E-state index contributed by atoms with van der Waals surface area (Å²) in [7, 11) is 0. The van der Waals surface area contributed by atoms with E-state index in [0.717, 1.165) is 25.8 Å². The van der Waals surface area contributed by atoms with Crippen LogP contribution in [0, 0.1) is 0 Å². The first-order valence-electron chi connectivity index (χ1n) is 3.63. The first-order valence-corrected chi connectivity index (χ1v) is 4.82. The van der Waals surface area contributed by atoms with E-state index in [4.69, 9.17) is 17.3 Å². The highest BCUT2D eigenvalue weighted by Crippen LogP contribution is 2.19. The average Bonchev–Trinajstić information content (AvgIpc) is 2.37. The lowest BCUT2D eigenvalue weighted by Gasteiger charge is -1.93. The maximum atomic E-state index is 5.66. The largest absolute Gasteiger partial charge is 0.330 e. The molecule has 0 aliphatic carbocycles. The molecule has 2 N–H and O–H groups in total. The summed E-state index contributed by atoms with van der Waals surface area (Å²) in [5, 5.41) is 0. The van der Waals surface area contributed by atoms with E-state index < -0.39 is 0 Å². The van der Waals surface area contributed by atoms with Gasteiger partial charge in [-0.2, -0.15) is 0 Å². The maximum absolute atomic E-state index is 5.66. The van der Waals surface area contributed by atoms with Crippen molar-refractivity contribution in [2.75, 3.05) is 6.54 Å². The van der Waals surface area contributed by atoms with Gasteiger partial charge in [0, 0.05) is 11.1 Å². The fourth-order valence-corrected chi connectivity index (χ4v) is 1.86. The molecule has 4 heteroatoms. The molecule has 0 atom stereocenters. The first-order chi connectivity index (χ1) is 5.33. The molecule has 0 unspecified atom stereocenters. The number of hydrogen-bond acceptors (Lipinski definition) is 3. The number of aromatic nitrogens is 1. The Balaban J connectivity index is 2.27. The summed E-state index contributed by atoms with van der Waals surface area (Å²) < 4.78 is 0.632. The van der Waals surface area contributed by atoms with Crippen LogP contribution in [0.15, 0.2) is 6.20 Å². The zero-order valence-electron chi connectivity index (χ0n) is 6.22. The SMILES string of the molecule is NCCCCc1cnc(Cl)s1. The molecule has 0 saturated heterocycles. The molecule has 1 aromatic heterocycles. The number of nitrogens with zero attached hydrogens (tertiary/aromatic N) is 1. The predicted octanol–water partition coefficient (Wildman–Crippen LogP) is 2.08. The number of nitrogens with two attached hydrogens (primary N) is 1. The van der Waals surface area contributed by atoms with E-state index >= 15 is 0 Å². The molecule has 0 amide bonds. The van der Waals surface area contributed by atoms with Crippen LogP contribution in [0.2, 0.25) is 4.47 Å². The Morgan fingerprint density at radius 1 is 1.55 bits per heavy atom. The second-order valence-corrected chi connectivity index (χ2v) is 4.02. The monoisotopic (exact) mass is 190 g/mol. The molecular weight excluding hydrogens is 180 g/mol. The summed E-state index contributed by atoms with van der Waals surface area (Å²) in [4.78, 5) is 5.20. The van der Waals surface area contributed by atoms with Gasteiger partial charge in [-0.15, -0.1) is 11.3 Å². The van der Waals surface area contributed by atoms with Crippen LogP contribution in [0.25, 0.3) is 0 Å². The van der Waals surface area contributed by atoms with Gasteiger partial charge in [0.2, 0.25) is 0 Å². The molecule has 2 nitrogen and oxygen atoms in total. The van der Waals surface area contributed by atoms with Gasteiger partial charge in [0.1, 0.15) is 0 Å². The highest BCUT2D eigenvalue weighted by Gasteiger charge is 1.97. The van der Waals surface area contributed by atoms with E-state index in [1.807, 2.05) is 6.20 Å². The zero-order chi connectivity index (χ0) is 8.10. The molecule has 0 aliphatic rings. The molecule has 62 valence electrons. The lowest BCUT2D eigenvalue weighted by molar-refractivity contribution is 0.750. The lowest BCUT2D eigenvalue weighted by atomic mass is 10.2. The molecule has 1 aromatic rings. The minimum Gasteiger partial charge on any atom is -0.330 e. The van der Waals surface area contributed by atoms with E-state index in [0.29, 0.717) is 4.47 Å². The fraction of sp³-hybridized carbons (Fsp3) is 0.571. The summed E-state index contributed by atoms with van der Waals surface area (Å²) in [6.45, 7) is 0.770. The summed E-state index contributed by atoms with van der Waals surface area (Å²) in [6.07, 6.45) is 5.11. The van der Waals surface area contributed by atoms with Crippen LogP contribution < -0.4 is 5.73 Å². The Kier molecular flexibility index (Phi) is 3.83. The molecule has 0 fully saturated rings. The Morgan fingerprint density at radius 3 is 2.91 bits per heavy atom. The van der Waals surface area contributed by atoms with Crippen molar-refractivity contribution in [3.05, 3.63) is 15.5 Å². The zero-order valence-corrected chi connectivity index (χ0v) is 7.79. The van der Waals surface area contributed by atoms with E-state index in [9.17, 15) is 0 Å². The Hall–Kier alpha value is -0.120. The average molecular weight is 191 g/mol. The number of unbranched alkanes of at least 4 members (excludes halogenated alkanes) is 1. The highest BCUT2D eigenvalue weighted by atomic mass is 35.5. The van der Waals surface area contributed by atoms with E-state index in [1.165, 1.54) is 4.88 Å². The van der Waals surface area contributed by atoms with Crippen LogP contribution in [0.3, 0.4) is 0 Å². The van der Waals surface area contributed by atoms with Gasteiger partial charge < -0.3 is 5.73 Å². The number of rotatable bonds is 4. The van der Waals surface area contributed by atoms with Gasteiger partial charge in [0.15, 0.2) is 4.47 Å². The fourth-order valence-electron chi connectivity index (χ4n) is 0.843. The molecule has 1 rings (SSSR count). The van der Waals surface area contributed by atoms with Crippen LogP contribution in [0.1, 0.15) is 17.7 Å². The van der Waals surface area contributed by atoms with Crippen molar-refractivity contribution in [3.63, 3.8) is 0 Å². The third-order valence-electron chi connectivity index (χ3n) is 1.40. The van der Waals surface area contributed by atoms with Crippen LogP contribution in [-0.2, 0) is 6.42 Å². The smallest absolute Gasteiger partial charge is 0.183 e. The van der Waals surface area contributed by atoms with Gasteiger partial charge in [-0.1, -0.05) is 11.6 Å². The van der Waals surface area contributed by atoms with Crippen LogP contribution in [0.4, 0.5) is 0 Å². The van der Waals surface area contributed by atoms with Gasteiger partial charge >= 0.3 is 0 Å². The van der Waals surface area contributed by atoms with Crippen molar-refractivity contribution < 1.29 is 0 Å². The number of halogens is 1. The summed E-state index contributed by atoms with van der Waals surface area (Å²) in [5.74, 6) is 0. The van der Waals surface area contributed by atoms with Gasteiger partial charge in [-0.25, -0.2) is 4.98 Å². The normalized spacial score (nSPS) is 10.4. The molecule has 1 heterocycles. The van der Waals surface area contributed by atoms with Gasteiger partial charge in [0.05, 0.1) is 0 Å². The van der Waals surface area contributed by atoms with Crippen molar-refractivity contribution in [3.8, 4) is 0 Å². The summed E-state index contributed by atoms with van der Waals surface area (Å²) in [5.41, 5.74) is 5.36. The molecule has 0 saturated carbocycles. The van der Waals surface area contributed by atoms with E-state index in [2.05, 4.69) is 4.98 Å². The number of thiazole rings is 1. The first kappa shape index (κ1) is 8.97. The maximum Gasteiger partial charge on any atom is 0.183 e. The third-order valence-corrected chi connectivity index (χ3v) is 2.58. The molecular formula is C7H11ClN2S. The molecule has 0 spiro atoms. The Morgan fingerprint density at radius 2 is 2.36 bits per heavy atom. The van der Waals surface area contributed by atoms with Crippen molar-refractivity contribution in [2.45, 2.75) is 19.3 Å². The lowest BCUT2D eigenvalue weighted by Crippen LogP contribution is -1.98. The quantitative estimate of drug-likeness (QED) is 0.739. The standard InChI is InChI=1S/C7H11ClN2S/c8-7-10-5-6(11-7)3-1-2-4-9/h5H,1-4,9H2. The van der Waals surface area contributed by atoms with Crippen LogP contribution in [0.5, 0.6) is 0 Å². The highest BCUT2D eigenvalue weighted by molar-refractivity contribution is 7.15. The van der Waals surface area contributed by atoms with Crippen LogP contribution >= 0.6 is 22.9 Å². The van der Waals surface area contributed by atoms with Crippen molar-refractivity contribution in [1.29, 1.82) is 0 Å². The van der Waals surface area contributed by atoms with Crippen molar-refractivity contribution >= 4 is 22.9 Å². The van der Waals surface area contributed by atoms with Crippen LogP contribution in [-0.4, -0.2) is 11.5 Å². The van der Waals surface area contributed by atoms with Gasteiger partial charge in [-0.3, -0.25) is 0 Å². The minimum atomic E-state index is 0.632. The molecule has 0 aromatic carbocycles. The Labute approximate surface area is 75.4 Å². The number of hydrogen-bond donors (Lipinski definition) is 1. The summed E-state index contributed by atoms with van der Waals surface area (Å²) in [6, 6.07) is 0. The van der Waals surface area contributed by atoms with Gasteiger partial charge in [0.25, 0.3) is 0 Å². The summed E-state index contributed by atoms with van der Waals surface area (Å²) >= 11 is 7.21. The molecule has 0 radical (unpaired) electrons. The van der Waals surface area contributed by atoms with Crippen molar-refractivity contribution in [2.24, 2.45) is 5.73 Å². The number of aryl methyl sites for hydroxylation is 1. The van der Waals surface area contributed by atoms with E-state index in [1.54, 1.807) is 11.3 Å². The second-order valence-electron chi connectivity index (χ2n) is 2.33. The molecule has 0 bridgehead atoms. The topological polar surface area (TPSA) is 38.9 Å². The third kappa shape index (κ3) is 3.18. The predicted molar refractivity (Wildman–Crippen MR) is 49.1 cm³/mol. The molecule has 11 heavy (non-hydrogen) atoms. The minimum absolute atomic E-state index is 0.632. The van der Waals surface area contributed by atoms with E-state index in [-0.39, 0.29) is 0 Å².